The fourth-order valence-electron chi connectivity index (χ4n) is 3.81. The molecule has 2 N–H and O–H groups in total. The first-order valence-corrected chi connectivity index (χ1v) is 9.28. The molecule has 1 aliphatic heterocycles. The second-order valence-corrected chi connectivity index (χ2v) is 7.57. The Morgan fingerprint density at radius 3 is 2.80 bits per heavy atom. The Kier molecular flexibility index (Phi) is 3.36. The number of piperidine rings is 1. The van der Waals surface area contributed by atoms with Crippen molar-refractivity contribution >= 4 is 43.1 Å². The highest BCUT2D eigenvalue weighted by atomic mass is 32.1. The van der Waals surface area contributed by atoms with Gasteiger partial charge in [-0.25, -0.2) is 9.37 Å². The van der Waals surface area contributed by atoms with Gasteiger partial charge in [-0.1, -0.05) is 0 Å². The third kappa shape index (κ3) is 2.28. The van der Waals surface area contributed by atoms with Crippen LogP contribution < -0.4 is 10.9 Å². The quantitative estimate of drug-likeness (QED) is 0.510. The highest BCUT2D eigenvalue weighted by Crippen LogP contribution is 2.40. The van der Waals surface area contributed by atoms with E-state index >= 15 is 0 Å². The number of aromatic nitrogens is 2. The van der Waals surface area contributed by atoms with Crippen molar-refractivity contribution in [3.05, 3.63) is 51.6 Å². The molecule has 4 aromatic rings. The fraction of sp³-hybridized carbons (Fsp3) is 0.263. The lowest BCUT2D eigenvalue weighted by molar-refractivity contribution is 0.459. The van der Waals surface area contributed by atoms with Gasteiger partial charge in [0.2, 0.25) is 0 Å². The Morgan fingerprint density at radius 2 is 1.96 bits per heavy atom. The van der Waals surface area contributed by atoms with E-state index in [-0.39, 0.29) is 11.4 Å². The minimum absolute atomic E-state index is 0.188. The van der Waals surface area contributed by atoms with Gasteiger partial charge in [-0.2, -0.15) is 0 Å². The predicted molar refractivity (Wildman–Crippen MR) is 100 cm³/mol. The molecular formula is C19H16FN3OS. The molecule has 126 valence electrons. The zero-order chi connectivity index (χ0) is 17.0. The van der Waals surface area contributed by atoms with Crippen LogP contribution in [0.4, 0.5) is 4.39 Å². The number of hydrogen-bond donors (Lipinski definition) is 2. The summed E-state index contributed by atoms with van der Waals surface area (Å²) in [6.07, 6.45) is 3.80. The van der Waals surface area contributed by atoms with E-state index in [0.29, 0.717) is 16.7 Å². The third-order valence-corrected chi connectivity index (χ3v) is 6.29. The SMILES string of the molecule is O=c1[nH]ccc2c3sc(C4CCNCC4)nc3c3ccc(F)cc3c12. The first kappa shape index (κ1) is 15.0. The molecule has 5 rings (SSSR count). The Morgan fingerprint density at radius 1 is 1.12 bits per heavy atom. The highest BCUT2D eigenvalue weighted by molar-refractivity contribution is 7.19. The molecule has 25 heavy (non-hydrogen) atoms. The molecule has 1 fully saturated rings. The molecule has 6 heteroatoms. The first-order valence-electron chi connectivity index (χ1n) is 8.46. The van der Waals surface area contributed by atoms with Gasteiger partial charge in [0, 0.05) is 28.3 Å². The Hall–Kier alpha value is -2.31. The van der Waals surface area contributed by atoms with Crippen LogP contribution in [-0.2, 0) is 0 Å². The Labute approximate surface area is 146 Å². The van der Waals surface area contributed by atoms with E-state index in [9.17, 15) is 9.18 Å². The first-order chi connectivity index (χ1) is 12.2. The monoisotopic (exact) mass is 353 g/mol. The minimum Gasteiger partial charge on any atom is -0.329 e. The number of fused-ring (bicyclic) bond motifs is 6. The smallest absolute Gasteiger partial charge is 0.256 e. The summed E-state index contributed by atoms with van der Waals surface area (Å²) in [6, 6.07) is 6.52. The van der Waals surface area contributed by atoms with Crippen LogP contribution in [0.25, 0.3) is 31.8 Å². The maximum atomic E-state index is 13.9. The normalized spacial score (nSPS) is 16.2. The van der Waals surface area contributed by atoms with E-state index < -0.39 is 0 Å². The van der Waals surface area contributed by atoms with Gasteiger partial charge < -0.3 is 10.3 Å². The lowest BCUT2D eigenvalue weighted by Crippen LogP contribution is -2.26. The van der Waals surface area contributed by atoms with Crippen molar-refractivity contribution < 1.29 is 4.39 Å². The van der Waals surface area contributed by atoms with Gasteiger partial charge in [0.1, 0.15) is 5.82 Å². The van der Waals surface area contributed by atoms with Crippen molar-refractivity contribution in [2.45, 2.75) is 18.8 Å². The number of nitrogens with one attached hydrogen (secondary N) is 2. The molecule has 0 radical (unpaired) electrons. The van der Waals surface area contributed by atoms with Crippen LogP contribution in [0.2, 0.25) is 0 Å². The van der Waals surface area contributed by atoms with Crippen molar-refractivity contribution in [2.75, 3.05) is 13.1 Å². The molecule has 0 bridgehead atoms. The van der Waals surface area contributed by atoms with Crippen LogP contribution in [0.3, 0.4) is 0 Å². The molecule has 0 unspecified atom stereocenters. The second-order valence-electron chi connectivity index (χ2n) is 6.54. The van der Waals surface area contributed by atoms with Gasteiger partial charge in [-0.15, -0.1) is 11.3 Å². The minimum atomic E-state index is -0.342. The number of nitrogens with zero attached hydrogens (tertiary/aromatic N) is 1. The number of benzene rings is 2. The molecule has 1 aliphatic rings. The molecule has 1 saturated heterocycles. The molecule has 0 atom stereocenters. The van der Waals surface area contributed by atoms with Crippen molar-refractivity contribution in [1.82, 2.24) is 15.3 Å². The molecule has 0 saturated carbocycles. The zero-order valence-corrected chi connectivity index (χ0v) is 14.3. The molecule has 0 aliphatic carbocycles. The van der Waals surface area contributed by atoms with Crippen molar-refractivity contribution in [3.8, 4) is 0 Å². The average molecular weight is 353 g/mol. The van der Waals surface area contributed by atoms with Gasteiger partial charge in [-0.05, 0) is 50.2 Å². The van der Waals surface area contributed by atoms with E-state index in [0.717, 1.165) is 51.9 Å². The summed E-state index contributed by atoms with van der Waals surface area (Å²) in [5.74, 6) is 0.108. The van der Waals surface area contributed by atoms with Gasteiger partial charge in [0.25, 0.3) is 5.56 Å². The average Bonchev–Trinajstić information content (AvgIpc) is 3.08. The summed E-state index contributed by atoms with van der Waals surface area (Å²) in [5, 5.41) is 7.38. The van der Waals surface area contributed by atoms with E-state index in [1.54, 1.807) is 23.6 Å². The van der Waals surface area contributed by atoms with E-state index in [1.165, 1.54) is 12.1 Å². The largest absolute Gasteiger partial charge is 0.329 e. The Balaban J connectivity index is 1.91. The maximum absolute atomic E-state index is 13.9. The number of hydrogen-bond acceptors (Lipinski definition) is 4. The summed E-state index contributed by atoms with van der Waals surface area (Å²) >= 11 is 1.68. The van der Waals surface area contributed by atoms with Crippen LogP contribution in [0.5, 0.6) is 0 Å². The van der Waals surface area contributed by atoms with E-state index in [2.05, 4.69) is 10.3 Å². The van der Waals surface area contributed by atoms with Gasteiger partial charge in [0.15, 0.2) is 0 Å². The van der Waals surface area contributed by atoms with Gasteiger partial charge in [-0.3, -0.25) is 4.79 Å². The van der Waals surface area contributed by atoms with Crippen LogP contribution >= 0.6 is 11.3 Å². The number of H-pyrrole nitrogens is 1. The summed E-state index contributed by atoms with van der Waals surface area (Å²) < 4.78 is 14.9. The summed E-state index contributed by atoms with van der Waals surface area (Å²) in [7, 11) is 0. The number of thiazole rings is 1. The lowest BCUT2D eigenvalue weighted by Gasteiger charge is -2.20. The van der Waals surface area contributed by atoms with Gasteiger partial charge >= 0.3 is 0 Å². The molecule has 0 amide bonds. The Bertz CT molecular complexity index is 1170. The van der Waals surface area contributed by atoms with Crippen molar-refractivity contribution in [1.29, 1.82) is 0 Å². The van der Waals surface area contributed by atoms with Crippen LogP contribution in [0.1, 0.15) is 23.8 Å². The summed E-state index contributed by atoms with van der Waals surface area (Å²) in [5.41, 5.74) is 0.693. The lowest BCUT2D eigenvalue weighted by atomic mass is 9.99. The van der Waals surface area contributed by atoms with Crippen LogP contribution in [-0.4, -0.2) is 23.1 Å². The number of pyridine rings is 1. The van der Waals surface area contributed by atoms with E-state index in [4.69, 9.17) is 4.98 Å². The maximum Gasteiger partial charge on any atom is 0.256 e. The standard InChI is InChI=1S/C19H16FN3OS/c20-11-1-2-12-14(9-11)15-13(5-8-22-18(15)24)17-16(12)23-19(25-17)10-3-6-21-7-4-10/h1-2,5,8-10,21H,3-4,6-7H2,(H,22,24). The second kappa shape index (κ2) is 5.61. The number of aromatic amines is 1. The molecule has 0 spiro atoms. The van der Waals surface area contributed by atoms with Crippen LogP contribution in [0, 0.1) is 5.82 Å². The van der Waals surface area contributed by atoms with Gasteiger partial charge in [0.05, 0.1) is 20.6 Å². The van der Waals surface area contributed by atoms with Crippen molar-refractivity contribution in [3.63, 3.8) is 0 Å². The molecular weight excluding hydrogens is 337 g/mol. The molecule has 4 nitrogen and oxygen atoms in total. The number of halogens is 1. The molecule has 3 heterocycles. The van der Waals surface area contributed by atoms with Crippen LogP contribution in [0.15, 0.2) is 35.3 Å². The number of rotatable bonds is 1. The molecule has 2 aromatic carbocycles. The fourth-order valence-corrected chi connectivity index (χ4v) is 5.09. The summed E-state index contributed by atoms with van der Waals surface area (Å²) in [4.78, 5) is 20.1. The summed E-state index contributed by atoms with van der Waals surface area (Å²) in [6.45, 7) is 2.01. The topological polar surface area (TPSA) is 57.8 Å². The van der Waals surface area contributed by atoms with E-state index in [1.807, 2.05) is 6.07 Å². The molecule has 2 aromatic heterocycles. The highest BCUT2D eigenvalue weighted by Gasteiger charge is 2.22. The van der Waals surface area contributed by atoms with Crippen molar-refractivity contribution in [2.24, 2.45) is 0 Å². The zero-order valence-electron chi connectivity index (χ0n) is 13.4. The predicted octanol–water partition coefficient (Wildman–Crippen LogP) is 3.90. The third-order valence-electron chi connectivity index (χ3n) is 5.04.